The molecule has 0 radical (unpaired) electrons. The molecule has 1 atom stereocenters. The molecule has 0 bridgehead atoms. The van der Waals surface area contributed by atoms with E-state index in [2.05, 4.69) is 35.5 Å². The summed E-state index contributed by atoms with van der Waals surface area (Å²) in [6, 6.07) is 1.47. The van der Waals surface area contributed by atoms with Crippen LogP contribution in [0.15, 0.2) is 0 Å². The second kappa shape index (κ2) is 13.8. The number of hydrogen-bond acceptors (Lipinski definition) is 5. The van der Waals surface area contributed by atoms with Crippen molar-refractivity contribution in [3.8, 4) is 0 Å². The molecule has 0 aromatic rings. The van der Waals surface area contributed by atoms with Crippen molar-refractivity contribution in [2.24, 2.45) is 0 Å². The lowest BCUT2D eigenvalue weighted by atomic mass is 9.93. The summed E-state index contributed by atoms with van der Waals surface area (Å²) in [6.45, 7) is 15.0. The average Bonchev–Trinajstić information content (AvgIpc) is 3.46. The van der Waals surface area contributed by atoms with Crippen molar-refractivity contribution in [2.75, 3.05) is 39.3 Å². The number of halogens is 6. The number of likely N-dealkylation sites (tertiary alicyclic amines) is 1. The number of piperazine rings is 1. The van der Waals surface area contributed by atoms with E-state index in [1.165, 1.54) is 84.2 Å². The van der Waals surface area contributed by atoms with E-state index in [9.17, 15) is 26.3 Å². The summed E-state index contributed by atoms with van der Waals surface area (Å²) < 4.78 is 63.5. The van der Waals surface area contributed by atoms with E-state index in [1.54, 1.807) is 0 Å². The number of carboxylic acids is 2. The molecule has 2 heterocycles. The van der Waals surface area contributed by atoms with Crippen molar-refractivity contribution in [1.82, 2.24) is 14.7 Å². The maximum Gasteiger partial charge on any atom is 0.490 e. The lowest BCUT2D eigenvalue weighted by molar-refractivity contribution is -0.193. The van der Waals surface area contributed by atoms with Crippen molar-refractivity contribution in [1.29, 1.82) is 0 Å². The van der Waals surface area contributed by atoms with Crippen LogP contribution < -0.4 is 0 Å². The fourth-order valence-electron chi connectivity index (χ4n) is 5.34. The van der Waals surface area contributed by atoms with Crippen LogP contribution >= 0.6 is 0 Å². The monoisotopic (exact) mass is 535 g/mol. The average molecular weight is 536 g/mol. The van der Waals surface area contributed by atoms with Crippen LogP contribution in [0.1, 0.15) is 65.7 Å². The summed E-state index contributed by atoms with van der Waals surface area (Å²) in [4.78, 5) is 26.2. The molecule has 2 N–H and O–H groups in total. The van der Waals surface area contributed by atoms with E-state index >= 15 is 0 Å². The third kappa shape index (κ3) is 10.0. The molecule has 3 aliphatic rings. The molecule has 3 fully saturated rings. The number of carboxylic acid groups (broad SMARTS) is 2. The van der Waals surface area contributed by atoms with Gasteiger partial charge in [-0.2, -0.15) is 26.3 Å². The topological polar surface area (TPSA) is 84.3 Å². The standard InChI is InChI=1S/C19H37N3.2C2HF3O2/c1-4-18-15-20(13-14-22(18)17(2)3)16-19(9-5-6-10-19)21-11-7-8-12-21;2*3-2(4,5)1(6)7/h17-18H,4-16H2,1-3H3;2*(H,6,7). The lowest BCUT2D eigenvalue weighted by Gasteiger charge is -2.48. The summed E-state index contributed by atoms with van der Waals surface area (Å²) in [7, 11) is 0. The minimum atomic E-state index is -5.08. The predicted octanol–water partition coefficient (Wildman–Crippen LogP) is 4.47. The first-order valence-corrected chi connectivity index (χ1v) is 12.4. The summed E-state index contributed by atoms with van der Waals surface area (Å²) in [5, 5.41) is 14.2. The zero-order chi connectivity index (χ0) is 27.7. The van der Waals surface area contributed by atoms with Gasteiger partial charge in [0.1, 0.15) is 0 Å². The second-order valence-corrected chi connectivity index (χ2v) is 9.86. The molecule has 36 heavy (non-hydrogen) atoms. The molecule has 7 nitrogen and oxygen atoms in total. The number of nitrogens with zero attached hydrogens (tertiary/aromatic N) is 3. The third-order valence-corrected chi connectivity index (χ3v) is 7.06. The van der Waals surface area contributed by atoms with Crippen LogP contribution in [0.5, 0.6) is 0 Å². The zero-order valence-electron chi connectivity index (χ0n) is 21.2. The molecule has 2 saturated heterocycles. The molecule has 3 rings (SSSR count). The van der Waals surface area contributed by atoms with Crippen molar-refractivity contribution in [2.45, 2.75) is 95.7 Å². The quantitative estimate of drug-likeness (QED) is 0.503. The molecule has 0 amide bonds. The molecule has 1 aliphatic carbocycles. The maximum atomic E-state index is 10.6. The van der Waals surface area contributed by atoms with Crippen molar-refractivity contribution in [3.05, 3.63) is 0 Å². The third-order valence-electron chi connectivity index (χ3n) is 7.06. The van der Waals surface area contributed by atoms with E-state index in [0.29, 0.717) is 11.6 Å². The van der Waals surface area contributed by atoms with Gasteiger partial charge in [-0.25, -0.2) is 9.59 Å². The Balaban J connectivity index is 0.000000383. The van der Waals surface area contributed by atoms with Crippen LogP contribution in [-0.2, 0) is 9.59 Å². The summed E-state index contributed by atoms with van der Waals surface area (Å²) >= 11 is 0. The molecule has 0 aromatic heterocycles. The van der Waals surface area contributed by atoms with Gasteiger partial charge < -0.3 is 10.2 Å². The predicted molar refractivity (Wildman–Crippen MR) is 122 cm³/mol. The van der Waals surface area contributed by atoms with Crippen molar-refractivity contribution >= 4 is 11.9 Å². The largest absolute Gasteiger partial charge is 0.490 e. The fourth-order valence-corrected chi connectivity index (χ4v) is 5.34. The molecule has 212 valence electrons. The number of alkyl halides is 6. The number of hydrogen-bond donors (Lipinski definition) is 2. The first kappa shape index (κ1) is 32.4. The van der Waals surface area contributed by atoms with Crippen LogP contribution in [-0.4, -0.2) is 106 Å². The van der Waals surface area contributed by atoms with Gasteiger partial charge in [0.05, 0.1) is 0 Å². The number of aliphatic carboxylic acids is 2. The smallest absolute Gasteiger partial charge is 0.475 e. The highest BCUT2D eigenvalue weighted by Gasteiger charge is 2.43. The van der Waals surface area contributed by atoms with Crippen molar-refractivity contribution in [3.63, 3.8) is 0 Å². The Morgan fingerprint density at radius 1 is 0.861 bits per heavy atom. The van der Waals surface area contributed by atoms with E-state index in [1.807, 2.05) is 0 Å². The Morgan fingerprint density at radius 2 is 1.31 bits per heavy atom. The minimum Gasteiger partial charge on any atom is -0.475 e. The van der Waals surface area contributed by atoms with E-state index in [4.69, 9.17) is 19.8 Å². The van der Waals surface area contributed by atoms with Crippen LogP contribution in [0.4, 0.5) is 26.3 Å². The van der Waals surface area contributed by atoms with Crippen LogP contribution in [0.3, 0.4) is 0 Å². The van der Waals surface area contributed by atoms with E-state index in [0.717, 1.165) is 6.04 Å². The van der Waals surface area contributed by atoms with Crippen LogP contribution in [0.2, 0.25) is 0 Å². The fraction of sp³-hybridized carbons (Fsp3) is 0.913. The van der Waals surface area contributed by atoms with Gasteiger partial charge in [-0.1, -0.05) is 19.8 Å². The van der Waals surface area contributed by atoms with Gasteiger partial charge in [0.15, 0.2) is 0 Å². The Bertz CT molecular complexity index is 666. The van der Waals surface area contributed by atoms with Gasteiger partial charge in [-0.15, -0.1) is 0 Å². The Morgan fingerprint density at radius 3 is 1.67 bits per heavy atom. The van der Waals surface area contributed by atoms with E-state index in [-0.39, 0.29) is 0 Å². The van der Waals surface area contributed by atoms with Crippen LogP contribution in [0.25, 0.3) is 0 Å². The Kier molecular flexibility index (Phi) is 12.4. The Labute approximate surface area is 208 Å². The molecule has 0 aromatic carbocycles. The Hall–Kier alpha value is -1.60. The SMILES string of the molecule is CCC1CN(CC2(N3CCCC3)CCCC2)CCN1C(C)C.O=C(O)C(F)(F)F.O=C(O)C(F)(F)F. The highest BCUT2D eigenvalue weighted by Crippen LogP contribution is 2.38. The van der Waals surface area contributed by atoms with Gasteiger partial charge in [-0.3, -0.25) is 14.7 Å². The molecule has 1 unspecified atom stereocenters. The van der Waals surface area contributed by atoms with Gasteiger partial charge in [0.2, 0.25) is 0 Å². The van der Waals surface area contributed by atoms with Gasteiger partial charge >= 0.3 is 24.3 Å². The highest BCUT2D eigenvalue weighted by atomic mass is 19.4. The molecule has 13 heteroatoms. The van der Waals surface area contributed by atoms with Gasteiger partial charge in [0, 0.05) is 43.8 Å². The molecule has 2 aliphatic heterocycles. The molecular weight excluding hydrogens is 496 g/mol. The molecule has 0 spiro atoms. The molecule has 1 saturated carbocycles. The summed E-state index contributed by atoms with van der Waals surface area (Å²) in [5.74, 6) is -5.51. The number of rotatable bonds is 5. The first-order chi connectivity index (χ1) is 16.5. The van der Waals surface area contributed by atoms with E-state index < -0.39 is 24.3 Å². The normalized spacial score (nSPS) is 23.6. The number of carbonyl (C=O) groups is 2. The summed E-state index contributed by atoms with van der Waals surface area (Å²) in [6.07, 6.45) is -0.186. The highest BCUT2D eigenvalue weighted by molar-refractivity contribution is 5.73. The van der Waals surface area contributed by atoms with Gasteiger partial charge in [-0.05, 0) is 59.0 Å². The zero-order valence-corrected chi connectivity index (χ0v) is 21.2. The summed E-state index contributed by atoms with van der Waals surface area (Å²) in [5.41, 5.74) is 0.537. The maximum absolute atomic E-state index is 10.6. The second-order valence-electron chi connectivity index (χ2n) is 9.86. The van der Waals surface area contributed by atoms with Crippen molar-refractivity contribution < 1.29 is 46.1 Å². The minimum absolute atomic E-state index is 0.537. The van der Waals surface area contributed by atoms with Crippen LogP contribution in [0, 0.1) is 0 Å². The first-order valence-electron chi connectivity index (χ1n) is 12.4. The lowest BCUT2D eigenvalue weighted by Crippen LogP contribution is -2.60. The van der Waals surface area contributed by atoms with Gasteiger partial charge in [0.25, 0.3) is 0 Å². The molecular formula is C23H39F6N3O4.